The van der Waals surface area contributed by atoms with E-state index >= 15 is 0 Å². The number of hydrogen-bond donors (Lipinski definition) is 1. The third-order valence-electron chi connectivity index (χ3n) is 5.00. The second-order valence-electron chi connectivity index (χ2n) is 7.52. The van der Waals surface area contributed by atoms with Crippen molar-refractivity contribution in [1.82, 2.24) is 20.2 Å². The minimum atomic E-state index is -0.246. The Hall–Kier alpha value is -4.11. The molecule has 0 radical (unpaired) electrons. The van der Waals surface area contributed by atoms with E-state index in [2.05, 4.69) is 20.7 Å². The van der Waals surface area contributed by atoms with Crippen LogP contribution in [0.15, 0.2) is 89.1 Å². The minimum absolute atomic E-state index is 0.130. The molecular weight excluding hydrogens is 474 g/mol. The summed E-state index contributed by atoms with van der Waals surface area (Å²) in [6, 6.07) is 25.0. The summed E-state index contributed by atoms with van der Waals surface area (Å²) in [6.07, 6.45) is 1.59. The number of carbonyl (C=O) groups excluding carboxylic acids is 1. The average Bonchev–Trinajstić information content (AvgIpc) is 3.34. The standard InChI is InChI=1S/C27H27N5O3S/c1-3-34-23-14-10-20(11-15-23)18-28-29-25(33)19-36-27-31-30-26(21-8-6-5-7-9-21)32(27)22-12-16-24(17-13-22)35-4-2/h5-18H,3-4,19H2,1-2H3,(H,29,33)/b28-18-. The number of nitrogens with one attached hydrogen (secondary N) is 1. The predicted octanol–water partition coefficient (Wildman–Crippen LogP) is 4.97. The number of ether oxygens (including phenoxy) is 2. The van der Waals surface area contributed by atoms with Crippen LogP contribution in [0.3, 0.4) is 0 Å². The lowest BCUT2D eigenvalue weighted by Crippen LogP contribution is -2.20. The first-order valence-electron chi connectivity index (χ1n) is 11.6. The number of aromatic nitrogens is 3. The molecule has 4 aromatic rings. The van der Waals surface area contributed by atoms with Crippen molar-refractivity contribution in [3.63, 3.8) is 0 Å². The SMILES string of the molecule is CCOc1ccc(/C=N\NC(=O)CSc2nnc(-c3ccccc3)n2-c2ccc(OCC)cc2)cc1. The lowest BCUT2D eigenvalue weighted by Gasteiger charge is -2.11. The third kappa shape index (κ3) is 6.51. The van der Waals surface area contributed by atoms with Gasteiger partial charge >= 0.3 is 0 Å². The summed E-state index contributed by atoms with van der Waals surface area (Å²) in [5.41, 5.74) is 5.22. The largest absolute Gasteiger partial charge is 0.494 e. The van der Waals surface area contributed by atoms with Crippen molar-refractivity contribution in [1.29, 1.82) is 0 Å². The van der Waals surface area contributed by atoms with Crippen molar-refractivity contribution in [2.75, 3.05) is 19.0 Å². The van der Waals surface area contributed by atoms with E-state index in [1.54, 1.807) is 6.21 Å². The molecule has 1 aromatic heterocycles. The maximum absolute atomic E-state index is 12.4. The summed E-state index contributed by atoms with van der Waals surface area (Å²) in [5.74, 6) is 2.15. The normalized spacial score (nSPS) is 10.9. The van der Waals surface area contributed by atoms with E-state index in [0.29, 0.717) is 24.2 Å². The topological polar surface area (TPSA) is 90.6 Å². The van der Waals surface area contributed by atoms with E-state index in [1.807, 2.05) is 97.3 Å². The highest BCUT2D eigenvalue weighted by molar-refractivity contribution is 7.99. The maximum atomic E-state index is 12.4. The van der Waals surface area contributed by atoms with Crippen LogP contribution in [0.5, 0.6) is 11.5 Å². The van der Waals surface area contributed by atoms with Gasteiger partial charge in [-0.05, 0) is 67.9 Å². The zero-order valence-corrected chi connectivity index (χ0v) is 20.9. The van der Waals surface area contributed by atoms with Gasteiger partial charge in [-0.15, -0.1) is 10.2 Å². The predicted molar refractivity (Wildman–Crippen MR) is 142 cm³/mol. The molecule has 184 valence electrons. The quantitative estimate of drug-likeness (QED) is 0.177. The summed E-state index contributed by atoms with van der Waals surface area (Å²) < 4.78 is 12.9. The molecule has 1 N–H and O–H groups in total. The lowest BCUT2D eigenvalue weighted by molar-refractivity contribution is -0.118. The molecule has 1 amide bonds. The molecule has 8 nitrogen and oxygen atoms in total. The van der Waals surface area contributed by atoms with Gasteiger partial charge in [-0.25, -0.2) is 5.43 Å². The molecule has 0 bridgehead atoms. The van der Waals surface area contributed by atoms with Crippen molar-refractivity contribution in [2.24, 2.45) is 5.10 Å². The summed E-state index contributed by atoms with van der Waals surface area (Å²) in [4.78, 5) is 12.4. The highest BCUT2D eigenvalue weighted by Crippen LogP contribution is 2.28. The van der Waals surface area contributed by atoms with Crippen LogP contribution in [0, 0.1) is 0 Å². The van der Waals surface area contributed by atoms with Gasteiger partial charge in [0.05, 0.1) is 25.2 Å². The van der Waals surface area contributed by atoms with Crippen LogP contribution in [-0.2, 0) is 4.79 Å². The first-order valence-corrected chi connectivity index (χ1v) is 12.6. The molecule has 0 aliphatic heterocycles. The first-order chi connectivity index (χ1) is 17.7. The van der Waals surface area contributed by atoms with Gasteiger partial charge < -0.3 is 9.47 Å². The zero-order chi connectivity index (χ0) is 25.2. The zero-order valence-electron chi connectivity index (χ0n) is 20.1. The number of hydrazone groups is 1. The number of hydrogen-bond acceptors (Lipinski definition) is 7. The Morgan fingerprint density at radius 2 is 1.56 bits per heavy atom. The number of rotatable bonds is 11. The monoisotopic (exact) mass is 501 g/mol. The van der Waals surface area contributed by atoms with Crippen LogP contribution in [0.1, 0.15) is 19.4 Å². The number of amides is 1. The molecule has 0 atom stereocenters. The fraction of sp³-hybridized carbons (Fsp3) is 0.185. The molecule has 0 saturated heterocycles. The Balaban J connectivity index is 1.45. The van der Waals surface area contributed by atoms with Gasteiger partial charge in [0.1, 0.15) is 11.5 Å². The highest BCUT2D eigenvalue weighted by Gasteiger charge is 2.17. The fourth-order valence-corrected chi connectivity index (χ4v) is 4.13. The Bertz CT molecular complexity index is 1290. The highest BCUT2D eigenvalue weighted by atomic mass is 32.2. The molecule has 0 spiro atoms. The van der Waals surface area contributed by atoms with Gasteiger partial charge in [0.2, 0.25) is 0 Å². The van der Waals surface area contributed by atoms with E-state index in [9.17, 15) is 4.79 Å². The molecule has 0 aliphatic carbocycles. The van der Waals surface area contributed by atoms with Gasteiger partial charge in [0.25, 0.3) is 5.91 Å². The minimum Gasteiger partial charge on any atom is -0.494 e. The fourth-order valence-electron chi connectivity index (χ4n) is 3.39. The number of nitrogens with zero attached hydrogens (tertiary/aromatic N) is 4. The van der Waals surface area contributed by atoms with Crippen molar-refractivity contribution in [2.45, 2.75) is 19.0 Å². The Labute approximate surface area is 214 Å². The third-order valence-corrected chi connectivity index (χ3v) is 5.93. The van der Waals surface area contributed by atoms with Gasteiger partial charge in [0, 0.05) is 11.3 Å². The van der Waals surface area contributed by atoms with Gasteiger partial charge in [0.15, 0.2) is 11.0 Å². The van der Waals surface area contributed by atoms with E-state index in [4.69, 9.17) is 9.47 Å². The molecule has 0 unspecified atom stereocenters. The van der Waals surface area contributed by atoms with E-state index in [-0.39, 0.29) is 11.7 Å². The van der Waals surface area contributed by atoms with Crippen LogP contribution in [0.2, 0.25) is 0 Å². The summed E-state index contributed by atoms with van der Waals surface area (Å²) in [6.45, 7) is 5.09. The molecule has 0 aliphatic rings. The number of carbonyl (C=O) groups is 1. The van der Waals surface area contributed by atoms with Gasteiger partial charge in [-0.3, -0.25) is 9.36 Å². The Kier molecular flexibility index (Phi) is 8.72. The van der Waals surface area contributed by atoms with Crippen molar-refractivity contribution < 1.29 is 14.3 Å². The van der Waals surface area contributed by atoms with E-state index in [0.717, 1.165) is 28.3 Å². The summed E-state index contributed by atoms with van der Waals surface area (Å²) >= 11 is 1.29. The molecule has 9 heteroatoms. The van der Waals surface area contributed by atoms with Crippen molar-refractivity contribution in [3.05, 3.63) is 84.4 Å². The second-order valence-corrected chi connectivity index (χ2v) is 8.46. The van der Waals surface area contributed by atoms with Gasteiger partial charge in [-0.2, -0.15) is 5.10 Å². The molecule has 0 fully saturated rings. The van der Waals surface area contributed by atoms with Crippen molar-refractivity contribution in [3.8, 4) is 28.6 Å². The number of benzene rings is 3. The van der Waals surface area contributed by atoms with Crippen LogP contribution < -0.4 is 14.9 Å². The Morgan fingerprint density at radius 3 is 2.19 bits per heavy atom. The number of thioether (sulfide) groups is 1. The molecule has 1 heterocycles. The summed E-state index contributed by atoms with van der Waals surface area (Å²) in [5, 5.41) is 13.4. The lowest BCUT2D eigenvalue weighted by atomic mass is 10.2. The van der Waals surface area contributed by atoms with Crippen LogP contribution >= 0.6 is 11.8 Å². The van der Waals surface area contributed by atoms with Crippen LogP contribution in [0.25, 0.3) is 17.1 Å². The van der Waals surface area contributed by atoms with Crippen molar-refractivity contribution >= 4 is 23.9 Å². The maximum Gasteiger partial charge on any atom is 0.250 e. The molecular formula is C27H27N5O3S. The average molecular weight is 502 g/mol. The van der Waals surface area contributed by atoms with Gasteiger partial charge in [-0.1, -0.05) is 42.1 Å². The van der Waals surface area contributed by atoms with E-state index < -0.39 is 0 Å². The molecule has 36 heavy (non-hydrogen) atoms. The molecule has 0 saturated carbocycles. The smallest absolute Gasteiger partial charge is 0.250 e. The van der Waals surface area contributed by atoms with Crippen LogP contribution in [-0.4, -0.2) is 45.9 Å². The van der Waals surface area contributed by atoms with Crippen LogP contribution in [0.4, 0.5) is 0 Å². The Morgan fingerprint density at radius 1 is 0.917 bits per heavy atom. The summed E-state index contributed by atoms with van der Waals surface area (Å²) in [7, 11) is 0. The second kappa shape index (κ2) is 12.6. The molecule has 3 aromatic carbocycles. The first kappa shape index (κ1) is 25.0. The van der Waals surface area contributed by atoms with E-state index in [1.165, 1.54) is 11.8 Å². The molecule has 4 rings (SSSR count).